The van der Waals surface area contributed by atoms with E-state index in [4.69, 9.17) is 4.74 Å². The summed E-state index contributed by atoms with van der Waals surface area (Å²) in [6.07, 6.45) is 6.38. The summed E-state index contributed by atoms with van der Waals surface area (Å²) in [6.45, 7) is 7.16. The number of nitrogens with one attached hydrogen (secondary N) is 1. The van der Waals surface area contributed by atoms with Gasteiger partial charge in [-0.25, -0.2) is 0 Å². The Morgan fingerprint density at radius 2 is 1.97 bits per heavy atom. The van der Waals surface area contributed by atoms with Crippen LogP contribution in [0.1, 0.15) is 79.8 Å². The van der Waals surface area contributed by atoms with Gasteiger partial charge in [-0.05, 0) is 102 Å². The molecule has 1 N–H and O–H groups in total. The first-order valence-corrected chi connectivity index (χ1v) is 11.8. The molecular weight excluding hydrogens is 366 g/mol. The highest BCUT2D eigenvalue weighted by atomic mass is 16.5. The quantitative estimate of drug-likeness (QED) is 0.500. The number of rotatable bonds is 2. The van der Waals surface area contributed by atoms with Crippen LogP contribution in [0.4, 0.5) is 0 Å². The molecule has 1 saturated carbocycles. The molecule has 3 aliphatic rings. The van der Waals surface area contributed by atoms with Gasteiger partial charge in [0, 0.05) is 22.0 Å². The fourth-order valence-electron chi connectivity index (χ4n) is 7.24. The van der Waals surface area contributed by atoms with E-state index in [9.17, 15) is 0 Å². The molecule has 3 aliphatic carbocycles. The van der Waals surface area contributed by atoms with Crippen molar-refractivity contribution in [3.63, 3.8) is 0 Å². The Morgan fingerprint density at radius 3 is 2.77 bits per heavy atom. The Labute approximate surface area is 180 Å². The average Bonchev–Trinajstić information content (AvgIpc) is 3.26. The van der Waals surface area contributed by atoms with E-state index in [1.54, 1.807) is 23.9 Å². The number of hydrogen-bond acceptors (Lipinski definition) is 1. The summed E-state index contributed by atoms with van der Waals surface area (Å²) in [6, 6.07) is 13.9. The molecule has 0 saturated heterocycles. The number of methoxy groups -OCH3 is 1. The summed E-state index contributed by atoms with van der Waals surface area (Å²) < 4.78 is 5.50. The monoisotopic (exact) mass is 399 g/mol. The lowest BCUT2D eigenvalue weighted by atomic mass is 9.55. The molecule has 0 unspecified atom stereocenters. The normalized spacial score (nSPS) is 29.4. The molecule has 0 radical (unpaired) electrons. The second-order valence-corrected chi connectivity index (χ2v) is 10.6. The van der Waals surface area contributed by atoms with Crippen LogP contribution in [-0.4, -0.2) is 12.1 Å². The highest BCUT2D eigenvalue weighted by Gasteiger charge is 2.54. The van der Waals surface area contributed by atoms with Gasteiger partial charge in [-0.15, -0.1) is 0 Å². The molecule has 156 valence electrons. The third-order valence-corrected chi connectivity index (χ3v) is 8.92. The van der Waals surface area contributed by atoms with E-state index in [-0.39, 0.29) is 0 Å². The molecule has 1 heterocycles. The second kappa shape index (κ2) is 6.39. The van der Waals surface area contributed by atoms with Gasteiger partial charge in [0.05, 0.1) is 7.11 Å². The largest absolute Gasteiger partial charge is 0.497 e. The van der Waals surface area contributed by atoms with Crippen molar-refractivity contribution in [2.24, 2.45) is 11.8 Å². The summed E-state index contributed by atoms with van der Waals surface area (Å²) in [5.74, 6) is 3.87. The molecule has 0 amide bonds. The van der Waals surface area contributed by atoms with Crippen molar-refractivity contribution in [2.45, 2.75) is 70.1 Å². The van der Waals surface area contributed by atoms with Crippen LogP contribution in [0.2, 0.25) is 0 Å². The number of aromatic amines is 1. The Morgan fingerprint density at radius 1 is 1.10 bits per heavy atom. The van der Waals surface area contributed by atoms with Crippen molar-refractivity contribution in [2.75, 3.05) is 7.11 Å². The molecule has 3 aromatic rings. The third-order valence-electron chi connectivity index (χ3n) is 8.92. The fourth-order valence-corrected chi connectivity index (χ4v) is 7.24. The molecule has 0 spiro atoms. The highest BCUT2D eigenvalue weighted by molar-refractivity contribution is 5.87. The molecule has 0 bridgehead atoms. The highest BCUT2D eigenvalue weighted by Crippen LogP contribution is 2.60. The zero-order valence-electron chi connectivity index (χ0n) is 18.7. The lowest BCUT2D eigenvalue weighted by molar-refractivity contribution is 0.104. The van der Waals surface area contributed by atoms with E-state index in [0.29, 0.717) is 11.3 Å². The number of aromatic nitrogens is 1. The van der Waals surface area contributed by atoms with E-state index in [0.717, 1.165) is 23.5 Å². The molecule has 6 rings (SSSR count). The molecule has 2 aromatic carbocycles. The van der Waals surface area contributed by atoms with E-state index >= 15 is 0 Å². The minimum Gasteiger partial charge on any atom is -0.497 e. The number of hydrogen-bond donors (Lipinski definition) is 1. The van der Waals surface area contributed by atoms with Crippen LogP contribution in [0.3, 0.4) is 0 Å². The molecule has 30 heavy (non-hydrogen) atoms. The van der Waals surface area contributed by atoms with Crippen LogP contribution < -0.4 is 4.74 Å². The first-order chi connectivity index (χ1) is 14.5. The average molecular weight is 400 g/mol. The molecule has 0 aliphatic heterocycles. The zero-order valence-corrected chi connectivity index (χ0v) is 18.7. The summed E-state index contributed by atoms with van der Waals surface area (Å²) in [5, 5.41) is 1.49. The standard InChI is InChI=1S/C28H33NO/c1-16(2)17-6-10-26-23(14-17)24-15-25-22-8-5-18-13-19(30-4)7-9-20(18)21(22)11-12-28(25,3)27(24)29-26/h6-7,9-10,13-14,16,21-22,25,29H,5,8,11-12,15H2,1-4H3/t21-,22+,25+,28+/m1/s1. The van der Waals surface area contributed by atoms with Crippen LogP contribution >= 0.6 is 0 Å². The molecule has 1 fully saturated rings. The maximum Gasteiger partial charge on any atom is 0.119 e. The fraction of sp³-hybridized carbons (Fsp3) is 0.500. The summed E-state index contributed by atoms with van der Waals surface area (Å²) in [7, 11) is 1.78. The molecule has 1 aromatic heterocycles. The smallest absolute Gasteiger partial charge is 0.119 e. The van der Waals surface area contributed by atoms with Crippen molar-refractivity contribution in [1.82, 2.24) is 4.98 Å². The van der Waals surface area contributed by atoms with Gasteiger partial charge in [-0.3, -0.25) is 0 Å². The summed E-state index contributed by atoms with van der Waals surface area (Å²) in [5.41, 5.74) is 9.43. The SMILES string of the molecule is COc1ccc2c(c1)CC[C@H]1[C@@H]2CC[C@]2(C)c3[nH]c4ccc(C(C)C)cc4c3C[C@@H]12. The predicted molar refractivity (Wildman–Crippen MR) is 124 cm³/mol. The van der Waals surface area contributed by atoms with Crippen molar-refractivity contribution >= 4 is 10.9 Å². The van der Waals surface area contributed by atoms with Crippen LogP contribution in [0, 0.1) is 11.8 Å². The molecule has 2 nitrogen and oxygen atoms in total. The van der Waals surface area contributed by atoms with Crippen LogP contribution in [0.15, 0.2) is 36.4 Å². The van der Waals surface area contributed by atoms with Gasteiger partial charge in [-0.2, -0.15) is 0 Å². The van der Waals surface area contributed by atoms with Gasteiger partial charge >= 0.3 is 0 Å². The van der Waals surface area contributed by atoms with Gasteiger partial charge in [-0.1, -0.05) is 32.9 Å². The van der Waals surface area contributed by atoms with Gasteiger partial charge < -0.3 is 9.72 Å². The Bertz CT molecular complexity index is 1140. The third kappa shape index (κ3) is 2.43. The summed E-state index contributed by atoms with van der Waals surface area (Å²) >= 11 is 0. The summed E-state index contributed by atoms with van der Waals surface area (Å²) in [4.78, 5) is 3.90. The van der Waals surface area contributed by atoms with Gasteiger partial charge in [0.15, 0.2) is 0 Å². The van der Waals surface area contributed by atoms with Crippen molar-refractivity contribution in [3.8, 4) is 5.75 Å². The number of aryl methyl sites for hydroxylation is 1. The van der Waals surface area contributed by atoms with Crippen LogP contribution in [0.25, 0.3) is 10.9 Å². The first kappa shape index (κ1) is 18.5. The Balaban J connectivity index is 1.40. The Hall–Kier alpha value is -2.22. The lowest BCUT2D eigenvalue weighted by Crippen LogP contribution is -2.43. The minimum atomic E-state index is 0.303. The molecule has 4 atom stereocenters. The number of fused-ring (bicyclic) bond motifs is 9. The van der Waals surface area contributed by atoms with Crippen LogP contribution in [0.5, 0.6) is 5.75 Å². The van der Waals surface area contributed by atoms with E-state index < -0.39 is 0 Å². The first-order valence-electron chi connectivity index (χ1n) is 11.8. The maximum absolute atomic E-state index is 5.50. The van der Waals surface area contributed by atoms with Crippen molar-refractivity contribution in [3.05, 3.63) is 64.3 Å². The predicted octanol–water partition coefficient (Wildman–Crippen LogP) is 6.87. The second-order valence-electron chi connectivity index (χ2n) is 10.6. The van der Waals surface area contributed by atoms with Gasteiger partial charge in [0.1, 0.15) is 5.75 Å². The van der Waals surface area contributed by atoms with Gasteiger partial charge in [0.2, 0.25) is 0 Å². The van der Waals surface area contributed by atoms with Crippen molar-refractivity contribution in [1.29, 1.82) is 0 Å². The molecular formula is C28H33NO. The number of benzene rings is 2. The van der Waals surface area contributed by atoms with Crippen LogP contribution in [-0.2, 0) is 18.3 Å². The topological polar surface area (TPSA) is 25.0 Å². The molecule has 2 heteroatoms. The van der Waals surface area contributed by atoms with E-state index in [2.05, 4.69) is 62.2 Å². The van der Waals surface area contributed by atoms with Gasteiger partial charge in [0.25, 0.3) is 0 Å². The zero-order chi connectivity index (χ0) is 20.6. The van der Waals surface area contributed by atoms with Crippen molar-refractivity contribution < 1.29 is 4.74 Å². The lowest BCUT2D eigenvalue weighted by Gasteiger charge is -2.49. The number of H-pyrrole nitrogens is 1. The minimum absolute atomic E-state index is 0.303. The maximum atomic E-state index is 5.50. The van der Waals surface area contributed by atoms with E-state index in [1.165, 1.54) is 54.1 Å². The Kier molecular flexibility index (Phi) is 3.95. The number of ether oxygens (including phenoxy) is 1. The van der Waals surface area contributed by atoms with E-state index in [1.807, 2.05) is 0 Å².